The maximum absolute atomic E-state index is 11.1. The molecule has 66 valence electrons. The number of ether oxygens (including phenoxy) is 1. The van der Waals surface area contributed by atoms with Crippen molar-refractivity contribution in [2.75, 3.05) is 13.2 Å². The highest BCUT2D eigenvalue weighted by molar-refractivity contribution is 6.64. The molecule has 0 amide bonds. The minimum Gasteiger partial charge on any atom is -0.463 e. The molecule has 1 aliphatic rings. The molecule has 0 aromatic rings. The van der Waals surface area contributed by atoms with Crippen LogP contribution in [0.5, 0.6) is 0 Å². The van der Waals surface area contributed by atoms with Gasteiger partial charge in [0.2, 0.25) is 0 Å². The largest absolute Gasteiger partial charge is 0.463 e. The second-order valence-corrected chi connectivity index (χ2v) is 2.50. The Morgan fingerprint density at radius 3 is 3.17 bits per heavy atom. The molecule has 0 atom stereocenters. The molecule has 12 heavy (non-hydrogen) atoms. The van der Waals surface area contributed by atoms with Gasteiger partial charge >= 0.3 is 5.97 Å². The number of carbonyl (C=O) groups excluding carboxylic acids is 1. The molecular weight excluding hydrogens is 180 g/mol. The zero-order chi connectivity index (χ0) is 8.97. The summed E-state index contributed by atoms with van der Waals surface area (Å²) in [4.78, 5) is 14.9. The van der Waals surface area contributed by atoms with Gasteiger partial charge in [0.25, 0.3) is 0 Å². The van der Waals surface area contributed by atoms with E-state index in [4.69, 9.17) is 16.3 Å². The lowest BCUT2D eigenvalue weighted by Crippen LogP contribution is -2.22. The first-order chi connectivity index (χ1) is 5.74. The number of aliphatic imine (C=N–C) groups is 1. The van der Waals surface area contributed by atoms with Gasteiger partial charge in [-0.25, -0.2) is 4.79 Å². The Hall–Kier alpha value is -1.03. The van der Waals surface area contributed by atoms with Gasteiger partial charge in [-0.3, -0.25) is 4.99 Å². The molecule has 5 heteroatoms. The molecule has 1 N–H and O–H groups in total. The molecule has 1 rings (SSSR count). The van der Waals surface area contributed by atoms with E-state index in [9.17, 15) is 4.79 Å². The summed E-state index contributed by atoms with van der Waals surface area (Å²) < 4.78 is 4.76. The molecular formula is C7H9ClN2O2. The van der Waals surface area contributed by atoms with E-state index in [2.05, 4.69) is 10.3 Å². The minimum atomic E-state index is -0.349. The van der Waals surface area contributed by atoms with Crippen LogP contribution in [-0.4, -0.2) is 24.4 Å². The van der Waals surface area contributed by atoms with E-state index in [-0.39, 0.29) is 12.5 Å². The number of nitrogens with zero attached hydrogens (tertiary/aromatic N) is 1. The highest BCUT2D eigenvalue weighted by atomic mass is 35.5. The van der Waals surface area contributed by atoms with Crippen LogP contribution in [0, 0.1) is 0 Å². The molecule has 0 aliphatic carbocycles. The first kappa shape index (κ1) is 9.06. The third-order valence-corrected chi connectivity index (χ3v) is 1.52. The van der Waals surface area contributed by atoms with Gasteiger partial charge in [-0.15, -0.1) is 0 Å². The van der Waals surface area contributed by atoms with Crippen molar-refractivity contribution in [2.24, 2.45) is 4.99 Å². The number of halogens is 1. The van der Waals surface area contributed by atoms with Crippen LogP contribution < -0.4 is 5.32 Å². The van der Waals surface area contributed by atoms with Gasteiger partial charge in [-0.05, 0) is 18.5 Å². The van der Waals surface area contributed by atoms with Crippen molar-refractivity contribution in [1.29, 1.82) is 0 Å². The number of amidine groups is 1. The van der Waals surface area contributed by atoms with E-state index in [1.165, 1.54) is 6.20 Å². The standard InChI is InChI=1S/C7H9ClN2O2/c1-2-12-6(11)5-3-9-7(8)10-4-5/h3H,2,4H2,1H3,(H,9,10). The van der Waals surface area contributed by atoms with Crippen LogP contribution in [-0.2, 0) is 9.53 Å². The smallest absolute Gasteiger partial charge is 0.337 e. The molecule has 1 heterocycles. The molecule has 0 fully saturated rings. The fraction of sp³-hybridized carbons (Fsp3) is 0.429. The van der Waals surface area contributed by atoms with E-state index >= 15 is 0 Å². The van der Waals surface area contributed by atoms with E-state index in [1.807, 2.05) is 0 Å². The van der Waals surface area contributed by atoms with Crippen molar-refractivity contribution in [2.45, 2.75) is 6.92 Å². The van der Waals surface area contributed by atoms with E-state index in [1.54, 1.807) is 6.92 Å². The van der Waals surface area contributed by atoms with Crippen molar-refractivity contribution >= 4 is 22.9 Å². The lowest BCUT2D eigenvalue weighted by Gasteiger charge is -2.09. The second-order valence-electron chi connectivity index (χ2n) is 2.14. The van der Waals surface area contributed by atoms with E-state index in [0.29, 0.717) is 17.5 Å². The van der Waals surface area contributed by atoms with Crippen LogP contribution in [0.15, 0.2) is 16.8 Å². The van der Waals surface area contributed by atoms with Gasteiger partial charge in [0.05, 0.1) is 18.7 Å². The molecule has 0 unspecified atom stereocenters. The fourth-order valence-corrected chi connectivity index (χ4v) is 0.854. The number of rotatable bonds is 2. The highest BCUT2D eigenvalue weighted by Gasteiger charge is 2.12. The lowest BCUT2D eigenvalue weighted by molar-refractivity contribution is -0.138. The third kappa shape index (κ3) is 2.23. The van der Waals surface area contributed by atoms with Crippen LogP contribution >= 0.6 is 11.6 Å². The van der Waals surface area contributed by atoms with Crippen LogP contribution in [0.25, 0.3) is 0 Å². The van der Waals surface area contributed by atoms with Gasteiger partial charge in [0.15, 0.2) is 5.29 Å². The minimum absolute atomic E-state index is 0.282. The number of hydrogen-bond acceptors (Lipinski definition) is 4. The zero-order valence-corrected chi connectivity index (χ0v) is 7.39. The molecule has 0 radical (unpaired) electrons. The van der Waals surface area contributed by atoms with Gasteiger partial charge in [0, 0.05) is 6.20 Å². The normalized spacial score (nSPS) is 15.8. The summed E-state index contributed by atoms with van der Waals surface area (Å²) in [5, 5.41) is 2.92. The first-order valence-electron chi connectivity index (χ1n) is 3.56. The van der Waals surface area contributed by atoms with Crippen molar-refractivity contribution in [3.8, 4) is 0 Å². The summed E-state index contributed by atoms with van der Waals surface area (Å²) in [6, 6.07) is 0. The Morgan fingerprint density at radius 2 is 2.67 bits per heavy atom. The van der Waals surface area contributed by atoms with Crippen LogP contribution in [0.4, 0.5) is 0 Å². The average molecular weight is 189 g/mol. The quantitative estimate of drug-likeness (QED) is 0.511. The van der Waals surface area contributed by atoms with Gasteiger partial charge in [-0.1, -0.05) is 0 Å². The Labute approximate surface area is 75.3 Å². The summed E-state index contributed by atoms with van der Waals surface area (Å²) in [6.45, 7) is 2.41. The predicted molar refractivity (Wildman–Crippen MR) is 46.0 cm³/mol. The number of carbonyl (C=O) groups is 1. The molecule has 1 aliphatic heterocycles. The van der Waals surface area contributed by atoms with Gasteiger partial charge < -0.3 is 10.1 Å². The molecule has 0 spiro atoms. The van der Waals surface area contributed by atoms with Crippen LogP contribution in [0.1, 0.15) is 6.92 Å². The second kappa shape index (κ2) is 4.11. The average Bonchev–Trinajstić information content (AvgIpc) is 2.06. The number of hydrogen-bond donors (Lipinski definition) is 1. The zero-order valence-electron chi connectivity index (χ0n) is 6.63. The summed E-state index contributed by atoms with van der Waals surface area (Å²) in [5.74, 6) is -0.349. The van der Waals surface area contributed by atoms with Crippen molar-refractivity contribution < 1.29 is 9.53 Å². The monoisotopic (exact) mass is 188 g/mol. The molecule has 4 nitrogen and oxygen atoms in total. The number of esters is 1. The van der Waals surface area contributed by atoms with Gasteiger partial charge in [-0.2, -0.15) is 0 Å². The van der Waals surface area contributed by atoms with Crippen LogP contribution in [0.2, 0.25) is 0 Å². The number of nitrogens with one attached hydrogen (secondary N) is 1. The molecule has 0 bridgehead atoms. The van der Waals surface area contributed by atoms with Crippen molar-refractivity contribution in [1.82, 2.24) is 5.32 Å². The summed E-state index contributed by atoms with van der Waals surface area (Å²) in [6.07, 6.45) is 1.51. The third-order valence-electron chi connectivity index (χ3n) is 1.29. The maximum atomic E-state index is 11.1. The SMILES string of the molecule is CCOC(=O)C1=CNC(Cl)=NC1. The summed E-state index contributed by atoms with van der Waals surface area (Å²) in [5.41, 5.74) is 0.487. The highest BCUT2D eigenvalue weighted by Crippen LogP contribution is 2.03. The summed E-state index contributed by atoms with van der Waals surface area (Å²) >= 11 is 5.51. The van der Waals surface area contributed by atoms with Gasteiger partial charge in [0.1, 0.15) is 0 Å². The Morgan fingerprint density at radius 1 is 1.92 bits per heavy atom. The molecule has 0 aromatic carbocycles. The Kier molecular flexibility index (Phi) is 3.10. The topological polar surface area (TPSA) is 50.7 Å². The Bertz CT molecular complexity index is 248. The van der Waals surface area contributed by atoms with Crippen molar-refractivity contribution in [3.05, 3.63) is 11.8 Å². The van der Waals surface area contributed by atoms with Crippen molar-refractivity contribution in [3.63, 3.8) is 0 Å². The molecule has 0 saturated heterocycles. The van der Waals surface area contributed by atoms with E-state index < -0.39 is 0 Å². The maximum Gasteiger partial charge on any atom is 0.337 e. The predicted octanol–water partition coefficient (Wildman–Crippen LogP) is 0.631. The first-order valence-corrected chi connectivity index (χ1v) is 3.94. The van der Waals surface area contributed by atoms with E-state index in [0.717, 1.165) is 0 Å². The lowest BCUT2D eigenvalue weighted by atomic mass is 10.3. The Balaban J connectivity index is 2.50. The molecule has 0 aromatic heterocycles. The summed E-state index contributed by atoms with van der Waals surface area (Å²) in [7, 11) is 0. The molecule has 0 saturated carbocycles. The fourth-order valence-electron chi connectivity index (χ4n) is 0.740. The van der Waals surface area contributed by atoms with Crippen LogP contribution in [0.3, 0.4) is 0 Å².